The average Bonchev–Trinajstić information content (AvgIpc) is 2.80. The summed E-state index contributed by atoms with van der Waals surface area (Å²) in [5.41, 5.74) is 3.89. The third-order valence-electron chi connectivity index (χ3n) is 5.78. The summed E-state index contributed by atoms with van der Waals surface area (Å²) in [4.78, 5) is 14.2. The molecule has 2 N–H and O–H groups in total. The van der Waals surface area contributed by atoms with E-state index in [0.29, 0.717) is 23.8 Å². The van der Waals surface area contributed by atoms with Gasteiger partial charge in [-0.05, 0) is 69.5 Å². The number of ether oxygens (including phenoxy) is 1. The molecular weight excluding hydrogens is 428 g/mol. The van der Waals surface area contributed by atoms with Crippen molar-refractivity contribution in [2.75, 3.05) is 25.0 Å². The molecule has 2 aromatic carbocycles. The number of anilines is 1. The lowest BCUT2D eigenvalue weighted by Crippen LogP contribution is -2.42. The smallest absolute Gasteiger partial charge is 0.320 e. The molecule has 7 heteroatoms. The molecule has 1 aliphatic rings. The van der Waals surface area contributed by atoms with Crippen LogP contribution in [0.4, 0.5) is 5.69 Å². The van der Waals surface area contributed by atoms with E-state index < -0.39 is 5.60 Å². The van der Waals surface area contributed by atoms with Crippen molar-refractivity contribution < 1.29 is 14.6 Å². The molecule has 0 aliphatic carbocycles. The van der Waals surface area contributed by atoms with Gasteiger partial charge in [0.05, 0.1) is 18.4 Å². The van der Waals surface area contributed by atoms with Gasteiger partial charge in [0.15, 0.2) is 0 Å². The zero-order chi connectivity index (χ0) is 24.1. The maximum atomic E-state index is 12.1. The van der Waals surface area contributed by atoms with Gasteiger partial charge in [0.25, 0.3) is 0 Å². The van der Waals surface area contributed by atoms with E-state index in [2.05, 4.69) is 44.7 Å². The second-order valence-corrected chi connectivity index (χ2v) is 9.71. The summed E-state index contributed by atoms with van der Waals surface area (Å²) in [6.45, 7) is 7.76. The zero-order valence-corrected chi connectivity index (χ0v) is 20.0. The molecule has 7 nitrogen and oxygen atoms in total. The van der Waals surface area contributed by atoms with Gasteiger partial charge in [0.1, 0.15) is 11.4 Å². The number of aromatic hydroxyl groups is 1. The largest absolute Gasteiger partial charge is 0.507 e. The molecule has 0 spiro atoms. The van der Waals surface area contributed by atoms with E-state index in [4.69, 9.17) is 4.74 Å². The number of nitrogens with one attached hydrogen (secondary N) is 1. The molecule has 3 aromatic rings. The van der Waals surface area contributed by atoms with E-state index >= 15 is 0 Å². The standard InChI is InChI=1S/C27H32N4O3/c1-27(2,3)34-26(33)18-31-14-12-22(13-15-31)29-21-10-8-19(9-11-21)20-16-24(30-28-17-20)23-6-4-5-7-25(23)32/h4-11,16-17,22,29,32H,12-15,18H2,1-3H3. The third-order valence-corrected chi connectivity index (χ3v) is 5.78. The van der Waals surface area contributed by atoms with Crippen LogP contribution in [0.5, 0.6) is 5.75 Å². The van der Waals surface area contributed by atoms with Crippen molar-refractivity contribution in [1.82, 2.24) is 15.1 Å². The number of esters is 1. The highest BCUT2D eigenvalue weighted by Gasteiger charge is 2.23. The lowest BCUT2D eigenvalue weighted by molar-refractivity contribution is -0.156. The Labute approximate surface area is 200 Å². The number of likely N-dealkylation sites (tertiary alicyclic amines) is 1. The first-order chi connectivity index (χ1) is 16.3. The summed E-state index contributed by atoms with van der Waals surface area (Å²) in [6, 6.07) is 17.7. The number of rotatable bonds is 6. The lowest BCUT2D eigenvalue weighted by atomic mass is 10.0. The first-order valence-electron chi connectivity index (χ1n) is 11.7. The number of benzene rings is 2. The van der Waals surface area contributed by atoms with Crippen LogP contribution in [0.25, 0.3) is 22.4 Å². The molecule has 4 rings (SSSR count). The van der Waals surface area contributed by atoms with Crippen molar-refractivity contribution >= 4 is 11.7 Å². The van der Waals surface area contributed by atoms with E-state index in [-0.39, 0.29) is 11.7 Å². The number of phenols is 1. The van der Waals surface area contributed by atoms with Gasteiger partial charge in [-0.3, -0.25) is 9.69 Å². The Balaban J connectivity index is 1.33. The Bertz CT molecular complexity index is 1120. The first-order valence-corrected chi connectivity index (χ1v) is 11.7. The Kier molecular flexibility index (Phi) is 7.12. The number of hydrogen-bond acceptors (Lipinski definition) is 7. The highest BCUT2D eigenvalue weighted by Crippen LogP contribution is 2.30. The predicted molar refractivity (Wildman–Crippen MR) is 133 cm³/mol. The van der Waals surface area contributed by atoms with Crippen molar-refractivity contribution in [2.45, 2.75) is 45.3 Å². The van der Waals surface area contributed by atoms with Crippen molar-refractivity contribution in [3.05, 3.63) is 60.8 Å². The zero-order valence-electron chi connectivity index (χ0n) is 20.0. The summed E-state index contributed by atoms with van der Waals surface area (Å²) in [5, 5.41) is 22.0. The first kappa shape index (κ1) is 23.7. The molecule has 2 heterocycles. The minimum absolute atomic E-state index is 0.161. The van der Waals surface area contributed by atoms with Crippen LogP contribution in [-0.4, -0.2) is 57.5 Å². The summed E-state index contributed by atoms with van der Waals surface area (Å²) < 4.78 is 5.43. The number of piperidine rings is 1. The van der Waals surface area contributed by atoms with Crippen LogP contribution < -0.4 is 5.32 Å². The maximum Gasteiger partial charge on any atom is 0.320 e. The topological polar surface area (TPSA) is 87.6 Å². The third kappa shape index (κ3) is 6.32. The highest BCUT2D eigenvalue weighted by atomic mass is 16.6. The summed E-state index contributed by atoms with van der Waals surface area (Å²) in [5.74, 6) is 0.0244. The molecule has 1 saturated heterocycles. The summed E-state index contributed by atoms with van der Waals surface area (Å²) in [7, 11) is 0. The van der Waals surface area contributed by atoms with Crippen LogP contribution in [-0.2, 0) is 9.53 Å². The number of carbonyl (C=O) groups excluding carboxylic acids is 1. The Hall–Kier alpha value is -3.45. The maximum absolute atomic E-state index is 12.1. The van der Waals surface area contributed by atoms with Gasteiger partial charge in [-0.25, -0.2) is 0 Å². The van der Waals surface area contributed by atoms with E-state index in [1.54, 1.807) is 18.3 Å². The molecule has 0 amide bonds. The molecule has 34 heavy (non-hydrogen) atoms. The molecule has 1 aromatic heterocycles. The molecular formula is C27H32N4O3. The fourth-order valence-corrected chi connectivity index (χ4v) is 4.13. The van der Waals surface area contributed by atoms with Gasteiger partial charge in [-0.15, -0.1) is 0 Å². The highest BCUT2D eigenvalue weighted by molar-refractivity contribution is 5.73. The van der Waals surface area contributed by atoms with Crippen LogP contribution in [0, 0.1) is 0 Å². The SMILES string of the molecule is CC(C)(C)OC(=O)CN1CCC(Nc2ccc(-c3cnnc(-c4ccccc4O)c3)cc2)CC1. The van der Waals surface area contributed by atoms with Gasteiger partial charge in [0, 0.05) is 35.9 Å². The molecule has 1 fully saturated rings. The van der Waals surface area contributed by atoms with Crippen molar-refractivity contribution in [3.8, 4) is 28.1 Å². The normalized spacial score (nSPS) is 15.1. The number of phenolic OH excluding ortho intramolecular Hbond substituents is 1. The minimum atomic E-state index is -0.444. The number of carbonyl (C=O) groups is 1. The van der Waals surface area contributed by atoms with Gasteiger partial charge in [-0.2, -0.15) is 10.2 Å². The molecule has 0 unspecified atom stereocenters. The van der Waals surface area contributed by atoms with Crippen molar-refractivity contribution in [3.63, 3.8) is 0 Å². The molecule has 1 aliphatic heterocycles. The molecule has 0 saturated carbocycles. The van der Waals surface area contributed by atoms with E-state index in [1.807, 2.05) is 39.0 Å². The van der Waals surface area contributed by atoms with Crippen LogP contribution in [0.2, 0.25) is 0 Å². The van der Waals surface area contributed by atoms with Crippen LogP contribution in [0.15, 0.2) is 60.8 Å². The molecule has 0 atom stereocenters. The number of nitrogens with zero attached hydrogens (tertiary/aromatic N) is 3. The number of aromatic nitrogens is 2. The van der Waals surface area contributed by atoms with Gasteiger partial charge < -0.3 is 15.2 Å². The number of para-hydroxylation sites is 1. The van der Waals surface area contributed by atoms with Gasteiger partial charge in [0.2, 0.25) is 0 Å². The summed E-state index contributed by atoms with van der Waals surface area (Å²) in [6.07, 6.45) is 3.68. The quantitative estimate of drug-likeness (QED) is 0.514. The summed E-state index contributed by atoms with van der Waals surface area (Å²) >= 11 is 0. The predicted octanol–water partition coefficient (Wildman–Crippen LogP) is 4.73. The number of hydrogen-bond donors (Lipinski definition) is 2. The van der Waals surface area contributed by atoms with E-state index in [1.165, 1.54) is 0 Å². The van der Waals surface area contributed by atoms with Crippen LogP contribution in [0.3, 0.4) is 0 Å². The van der Waals surface area contributed by atoms with Gasteiger partial charge in [-0.1, -0.05) is 24.3 Å². The average molecular weight is 461 g/mol. The van der Waals surface area contributed by atoms with Gasteiger partial charge >= 0.3 is 5.97 Å². The minimum Gasteiger partial charge on any atom is -0.507 e. The van der Waals surface area contributed by atoms with E-state index in [0.717, 1.165) is 42.7 Å². The van der Waals surface area contributed by atoms with Crippen molar-refractivity contribution in [1.29, 1.82) is 0 Å². The molecule has 0 bridgehead atoms. The Morgan fingerprint density at radius 3 is 2.47 bits per heavy atom. The Morgan fingerprint density at radius 1 is 1.09 bits per heavy atom. The lowest BCUT2D eigenvalue weighted by Gasteiger charge is -2.33. The van der Waals surface area contributed by atoms with Crippen molar-refractivity contribution in [2.24, 2.45) is 0 Å². The second-order valence-electron chi connectivity index (χ2n) is 9.71. The second kappa shape index (κ2) is 10.2. The molecule has 178 valence electrons. The Morgan fingerprint density at radius 2 is 1.79 bits per heavy atom. The van der Waals surface area contributed by atoms with Crippen LogP contribution >= 0.6 is 0 Å². The monoisotopic (exact) mass is 460 g/mol. The fourth-order valence-electron chi connectivity index (χ4n) is 4.13. The molecule has 0 radical (unpaired) electrons. The fraction of sp³-hybridized carbons (Fsp3) is 0.370. The van der Waals surface area contributed by atoms with E-state index in [9.17, 15) is 9.90 Å². The van der Waals surface area contributed by atoms with Crippen LogP contribution in [0.1, 0.15) is 33.6 Å².